The first-order chi connectivity index (χ1) is 8.48. The molecule has 1 unspecified atom stereocenters. The Labute approximate surface area is 122 Å². The molecule has 2 rings (SSSR count). The largest absolute Gasteiger partial charge is 0.372 e. The molecule has 0 saturated carbocycles. The third-order valence-electron chi connectivity index (χ3n) is 3.35. The number of hydrogen-bond donors (Lipinski definition) is 1. The standard InChI is InChI=1S/C13H20IN3O/c1-8(2)10-9(14)11(15-4)17-12(16-10)13(3)6-5-7-18-13/h8H,5-7H2,1-4H3,(H,15,16,17). The summed E-state index contributed by atoms with van der Waals surface area (Å²) in [6.07, 6.45) is 2.08. The minimum Gasteiger partial charge on any atom is -0.372 e. The van der Waals surface area contributed by atoms with Gasteiger partial charge < -0.3 is 10.1 Å². The Balaban J connectivity index is 2.51. The van der Waals surface area contributed by atoms with Crippen LogP contribution in [0.15, 0.2) is 0 Å². The van der Waals surface area contributed by atoms with Crippen LogP contribution in [0.1, 0.15) is 51.0 Å². The summed E-state index contributed by atoms with van der Waals surface area (Å²) in [6.45, 7) is 7.21. The van der Waals surface area contributed by atoms with Gasteiger partial charge in [0.05, 0.1) is 9.26 Å². The molecule has 4 nitrogen and oxygen atoms in total. The molecule has 0 radical (unpaired) electrons. The molecule has 1 aliphatic rings. The van der Waals surface area contributed by atoms with E-state index in [0.717, 1.165) is 40.4 Å². The van der Waals surface area contributed by atoms with Crippen molar-refractivity contribution in [1.82, 2.24) is 9.97 Å². The fourth-order valence-electron chi connectivity index (χ4n) is 2.20. The molecular formula is C13H20IN3O. The fourth-order valence-corrected chi connectivity index (χ4v) is 3.34. The van der Waals surface area contributed by atoms with Crippen molar-refractivity contribution >= 4 is 28.4 Å². The van der Waals surface area contributed by atoms with Crippen LogP contribution >= 0.6 is 22.6 Å². The van der Waals surface area contributed by atoms with Crippen molar-refractivity contribution in [3.63, 3.8) is 0 Å². The average molecular weight is 361 g/mol. The van der Waals surface area contributed by atoms with Crippen LogP contribution in [0.2, 0.25) is 0 Å². The molecule has 1 aromatic rings. The Hall–Kier alpha value is -0.430. The van der Waals surface area contributed by atoms with E-state index in [0.29, 0.717) is 5.92 Å². The number of hydrogen-bond acceptors (Lipinski definition) is 4. The lowest BCUT2D eigenvalue weighted by Gasteiger charge is -2.24. The highest BCUT2D eigenvalue weighted by Crippen LogP contribution is 2.36. The predicted octanol–water partition coefficient (Wildman–Crippen LogP) is 3.27. The van der Waals surface area contributed by atoms with Gasteiger partial charge in [-0.15, -0.1) is 0 Å². The number of anilines is 1. The summed E-state index contributed by atoms with van der Waals surface area (Å²) in [7, 11) is 1.90. The molecule has 18 heavy (non-hydrogen) atoms. The molecule has 1 fully saturated rings. The highest BCUT2D eigenvalue weighted by molar-refractivity contribution is 14.1. The van der Waals surface area contributed by atoms with E-state index < -0.39 is 0 Å². The summed E-state index contributed by atoms with van der Waals surface area (Å²) < 4.78 is 6.95. The summed E-state index contributed by atoms with van der Waals surface area (Å²) in [4.78, 5) is 9.38. The van der Waals surface area contributed by atoms with E-state index >= 15 is 0 Å². The van der Waals surface area contributed by atoms with Crippen LogP contribution in [-0.4, -0.2) is 23.6 Å². The lowest BCUT2D eigenvalue weighted by atomic mass is 10.0. The van der Waals surface area contributed by atoms with E-state index in [1.165, 1.54) is 0 Å². The number of nitrogens with one attached hydrogen (secondary N) is 1. The van der Waals surface area contributed by atoms with Crippen molar-refractivity contribution in [2.24, 2.45) is 0 Å². The van der Waals surface area contributed by atoms with Gasteiger partial charge in [0.1, 0.15) is 11.4 Å². The molecule has 0 bridgehead atoms. The molecule has 1 N–H and O–H groups in total. The van der Waals surface area contributed by atoms with Gasteiger partial charge in [0.2, 0.25) is 0 Å². The van der Waals surface area contributed by atoms with Gasteiger partial charge >= 0.3 is 0 Å². The van der Waals surface area contributed by atoms with Gasteiger partial charge in [-0.1, -0.05) is 13.8 Å². The lowest BCUT2D eigenvalue weighted by Crippen LogP contribution is -2.25. The van der Waals surface area contributed by atoms with Crippen LogP contribution in [0.3, 0.4) is 0 Å². The molecule has 1 aliphatic heterocycles. The van der Waals surface area contributed by atoms with Crippen LogP contribution in [-0.2, 0) is 10.3 Å². The molecule has 1 saturated heterocycles. The molecule has 0 aromatic carbocycles. The van der Waals surface area contributed by atoms with Gasteiger partial charge in [-0.2, -0.15) is 0 Å². The molecule has 1 atom stereocenters. The van der Waals surface area contributed by atoms with Crippen LogP contribution in [0.4, 0.5) is 5.82 Å². The zero-order valence-electron chi connectivity index (χ0n) is 11.4. The van der Waals surface area contributed by atoms with E-state index in [1.54, 1.807) is 0 Å². The third-order valence-corrected chi connectivity index (χ3v) is 4.42. The Morgan fingerprint density at radius 2 is 2.11 bits per heavy atom. The molecule has 100 valence electrons. The zero-order valence-corrected chi connectivity index (χ0v) is 13.5. The number of ether oxygens (including phenoxy) is 1. The second-order valence-electron chi connectivity index (χ2n) is 5.18. The van der Waals surface area contributed by atoms with E-state index in [-0.39, 0.29) is 5.60 Å². The van der Waals surface area contributed by atoms with Crippen molar-refractivity contribution in [2.75, 3.05) is 19.0 Å². The monoisotopic (exact) mass is 361 g/mol. The second-order valence-corrected chi connectivity index (χ2v) is 6.26. The highest BCUT2D eigenvalue weighted by Gasteiger charge is 2.36. The van der Waals surface area contributed by atoms with Crippen LogP contribution in [0.5, 0.6) is 0 Å². The fraction of sp³-hybridized carbons (Fsp3) is 0.692. The smallest absolute Gasteiger partial charge is 0.162 e. The van der Waals surface area contributed by atoms with E-state index in [2.05, 4.69) is 53.7 Å². The Bertz CT molecular complexity index is 442. The zero-order chi connectivity index (χ0) is 13.3. The van der Waals surface area contributed by atoms with Crippen molar-refractivity contribution in [3.05, 3.63) is 15.1 Å². The predicted molar refractivity (Wildman–Crippen MR) is 80.9 cm³/mol. The van der Waals surface area contributed by atoms with Gasteiger partial charge in [-0.3, -0.25) is 0 Å². The average Bonchev–Trinajstić information content (AvgIpc) is 2.77. The summed E-state index contributed by atoms with van der Waals surface area (Å²) in [6, 6.07) is 0. The summed E-state index contributed by atoms with van der Waals surface area (Å²) in [5.74, 6) is 2.10. The van der Waals surface area contributed by atoms with Crippen molar-refractivity contribution in [3.8, 4) is 0 Å². The summed E-state index contributed by atoms with van der Waals surface area (Å²) >= 11 is 2.31. The van der Waals surface area contributed by atoms with Gasteiger partial charge in [-0.25, -0.2) is 9.97 Å². The minimum atomic E-state index is -0.320. The third kappa shape index (κ3) is 2.47. The maximum absolute atomic E-state index is 5.85. The minimum absolute atomic E-state index is 0.320. The first kappa shape index (κ1) is 14.0. The molecular weight excluding hydrogens is 341 g/mol. The van der Waals surface area contributed by atoms with Crippen LogP contribution in [0, 0.1) is 3.57 Å². The SMILES string of the molecule is CNc1nc(C2(C)CCCO2)nc(C(C)C)c1I. The quantitative estimate of drug-likeness (QED) is 0.840. The van der Waals surface area contributed by atoms with Crippen molar-refractivity contribution in [2.45, 2.75) is 45.1 Å². The van der Waals surface area contributed by atoms with Crippen LogP contribution < -0.4 is 5.32 Å². The number of halogens is 1. The van der Waals surface area contributed by atoms with E-state index in [9.17, 15) is 0 Å². The molecule has 2 heterocycles. The van der Waals surface area contributed by atoms with Gasteiger partial charge in [0.15, 0.2) is 5.82 Å². The Morgan fingerprint density at radius 3 is 2.61 bits per heavy atom. The summed E-state index contributed by atoms with van der Waals surface area (Å²) in [5, 5.41) is 3.16. The van der Waals surface area contributed by atoms with E-state index in [1.807, 2.05) is 7.05 Å². The number of rotatable bonds is 3. The second kappa shape index (κ2) is 5.28. The molecule has 0 spiro atoms. The number of aromatic nitrogens is 2. The first-order valence-electron chi connectivity index (χ1n) is 6.37. The summed E-state index contributed by atoms with van der Waals surface area (Å²) in [5.41, 5.74) is 0.779. The lowest BCUT2D eigenvalue weighted by molar-refractivity contribution is 0.00920. The topological polar surface area (TPSA) is 47.0 Å². The molecule has 0 amide bonds. The molecule has 1 aromatic heterocycles. The van der Waals surface area contributed by atoms with Gasteiger partial charge in [0.25, 0.3) is 0 Å². The number of nitrogens with zero attached hydrogens (tertiary/aromatic N) is 2. The molecule has 0 aliphatic carbocycles. The van der Waals surface area contributed by atoms with Gasteiger partial charge in [-0.05, 0) is 48.3 Å². The van der Waals surface area contributed by atoms with Crippen LogP contribution in [0.25, 0.3) is 0 Å². The maximum atomic E-state index is 5.85. The Morgan fingerprint density at radius 1 is 1.39 bits per heavy atom. The Kier molecular flexibility index (Phi) is 4.11. The first-order valence-corrected chi connectivity index (χ1v) is 7.45. The molecule has 5 heteroatoms. The van der Waals surface area contributed by atoms with Crippen molar-refractivity contribution in [1.29, 1.82) is 0 Å². The normalized spacial score (nSPS) is 23.7. The highest BCUT2D eigenvalue weighted by atomic mass is 127. The van der Waals surface area contributed by atoms with E-state index in [4.69, 9.17) is 9.72 Å². The van der Waals surface area contributed by atoms with Crippen molar-refractivity contribution < 1.29 is 4.74 Å². The maximum Gasteiger partial charge on any atom is 0.162 e. The van der Waals surface area contributed by atoms with Gasteiger partial charge in [0, 0.05) is 13.7 Å².